The lowest BCUT2D eigenvalue weighted by Crippen LogP contribution is -2.60. The molecule has 0 aliphatic heterocycles. The summed E-state index contributed by atoms with van der Waals surface area (Å²) in [5, 5.41) is 34.8. The number of benzene rings is 2. The number of aliphatic hydroxyl groups is 2. The lowest BCUT2D eigenvalue weighted by atomic mass is 9.90. The highest BCUT2D eigenvalue weighted by atomic mass is 32.1. The fraction of sp³-hybridized carbons (Fsp3) is 0.432. The van der Waals surface area contributed by atoms with Gasteiger partial charge in [-0.1, -0.05) is 88.4 Å². The van der Waals surface area contributed by atoms with Crippen LogP contribution in [0.3, 0.4) is 0 Å². The van der Waals surface area contributed by atoms with E-state index in [0.717, 1.165) is 26.7 Å². The molecule has 0 saturated carbocycles. The Morgan fingerprint density at radius 1 is 0.843 bits per heavy atom. The molecule has 274 valence electrons. The van der Waals surface area contributed by atoms with E-state index in [0.29, 0.717) is 0 Å². The van der Waals surface area contributed by atoms with Crippen LogP contribution in [0.4, 0.5) is 9.59 Å². The van der Waals surface area contributed by atoms with Crippen molar-refractivity contribution in [2.24, 2.45) is 5.92 Å². The highest BCUT2D eigenvalue weighted by molar-refractivity contribution is 7.09. The number of aliphatic hydroxyl groups excluding tert-OH is 2. The third-order valence-corrected chi connectivity index (χ3v) is 10.2. The van der Waals surface area contributed by atoms with Crippen molar-refractivity contribution < 1.29 is 29.3 Å². The van der Waals surface area contributed by atoms with Crippen LogP contribution in [0.2, 0.25) is 0 Å². The molecule has 12 nitrogen and oxygen atoms in total. The van der Waals surface area contributed by atoms with Crippen molar-refractivity contribution in [2.45, 2.75) is 89.9 Å². The van der Waals surface area contributed by atoms with Crippen LogP contribution >= 0.6 is 22.7 Å². The normalized spacial score (nSPS) is 14.3. The van der Waals surface area contributed by atoms with Crippen LogP contribution in [0.25, 0.3) is 0 Å². The SMILES string of the molecule is CC(C)c1nc(CN(C)C(=O)N[C@H](C(=O)N[C@@H](Cc2ccccc2)C(O)[C@@H](O)[C@H](Cc2ccccc2)NC(=O)OCc2cncs2)C(C)C)cs1. The molecule has 0 saturated heterocycles. The highest BCUT2D eigenvalue weighted by Crippen LogP contribution is 2.20. The molecule has 1 unspecified atom stereocenters. The van der Waals surface area contributed by atoms with Gasteiger partial charge in [0, 0.05) is 24.5 Å². The van der Waals surface area contributed by atoms with E-state index in [1.807, 2.05) is 79.9 Å². The minimum absolute atomic E-state index is 0.000151. The van der Waals surface area contributed by atoms with Gasteiger partial charge in [0.2, 0.25) is 5.91 Å². The average molecular weight is 737 g/mol. The minimum Gasteiger partial charge on any atom is -0.444 e. The minimum atomic E-state index is -1.53. The molecule has 14 heteroatoms. The van der Waals surface area contributed by atoms with E-state index in [-0.39, 0.29) is 37.8 Å². The van der Waals surface area contributed by atoms with Crippen molar-refractivity contribution in [3.63, 3.8) is 0 Å². The molecule has 0 fully saturated rings. The van der Waals surface area contributed by atoms with Gasteiger partial charge in [0.15, 0.2) is 0 Å². The maximum atomic E-state index is 13.9. The van der Waals surface area contributed by atoms with Crippen molar-refractivity contribution in [1.29, 1.82) is 0 Å². The van der Waals surface area contributed by atoms with Crippen LogP contribution in [0.1, 0.15) is 60.3 Å². The summed E-state index contributed by atoms with van der Waals surface area (Å²) in [6.45, 7) is 8.02. The fourth-order valence-corrected chi connectivity index (χ4v) is 6.73. The Balaban J connectivity index is 1.50. The van der Waals surface area contributed by atoms with Crippen LogP contribution in [0.15, 0.2) is 77.8 Å². The molecule has 2 aromatic carbocycles. The van der Waals surface area contributed by atoms with Gasteiger partial charge >= 0.3 is 12.1 Å². The van der Waals surface area contributed by atoms with E-state index in [1.54, 1.807) is 30.1 Å². The van der Waals surface area contributed by atoms with Gasteiger partial charge in [-0.15, -0.1) is 22.7 Å². The van der Waals surface area contributed by atoms with Crippen LogP contribution in [0.5, 0.6) is 0 Å². The number of carbonyl (C=O) groups is 3. The van der Waals surface area contributed by atoms with E-state index < -0.39 is 48.4 Å². The maximum Gasteiger partial charge on any atom is 0.407 e. The molecule has 2 heterocycles. The summed E-state index contributed by atoms with van der Waals surface area (Å²) >= 11 is 2.89. The monoisotopic (exact) mass is 736 g/mol. The van der Waals surface area contributed by atoms with E-state index in [2.05, 4.69) is 39.8 Å². The number of nitrogens with one attached hydrogen (secondary N) is 3. The largest absolute Gasteiger partial charge is 0.444 e. The van der Waals surface area contributed by atoms with E-state index in [9.17, 15) is 24.6 Å². The van der Waals surface area contributed by atoms with Crippen LogP contribution in [0, 0.1) is 5.92 Å². The molecule has 4 aromatic rings. The number of aromatic nitrogens is 2. The Labute approximate surface area is 307 Å². The number of thiazole rings is 2. The lowest BCUT2D eigenvalue weighted by Gasteiger charge is -2.34. The molecule has 0 spiro atoms. The van der Waals surface area contributed by atoms with E-state index in [4.69, 9.17) is 4.74 Å². The Morgan fingerprint density at radius 3 is 1.94 bits per heavy atom. The molecule has 5 atom stereocenters. The van der Waals surface area contributed by atoms with Gasteiger partial charge in [0.05, 0.1) is 39.7 Å². The number of ether oxygens (including phenoxy) is 1. The highest BCUT2D eigenvalue weighted by Gasteiger charge is 2.36. The zero-order valence-electron chi connectivity index (χ0n) is 29.6. The number of urea groups is 1. The molecular formula is C37H48N6O6S2. The van der Waals surface area contributed by atoms with Crippen LogP contribution in [-0.2, 0) is 35.5 Å². The molecule has 0 aliphatic carbocycles. The third-order valence-electron chi connectivity index (χ3n) is 8.27. The van der Waals surface area contributed by atoms with Gasteiger partial charge < -0.3 is 35.8 Å². The quantitative estimate of drug-likeness (QED) is 0.102. The first kappa shape index (κ1) is 39.4. The second-order valence-electron chi connectivity index (χ2n) is 13.1. The lowest BCUT2D eigenvalue weighted by molar-refractivity contribution is -0.126. The average Bonchev–Trinajstić information content (AvgIpc) is 3.82. The summed E-state index contributed by atoms with van der Waals surface area (Å²) in [5.74, 6) is -0.553. The van der Waals surface area contributed by atoms with Gasteiger partial charge in [0.1, 0.15) is 24.9 Å². The molecule has 4 rings (SSSR count). The number of alkyl carbamates (subject to hydrolysis) is 1. The first-order valence-corrected chi connectivity index (χ1v) is 18.7. The predicted octanol–water partition coefficient (Wildman–Crippen LogP) is 4.88. The summed E-state index contributed by atoms with van der Waals surface area (Å²) in [4.78, 5) is 50.9. The summed E-state index contributed by atoms with van der Waals surface area (Å²) in [6.07, 6.45) is -1.89. The first-order chi connectivity index (χ1) is 24.4. The maximum absolute atomic E-state index is 13.9. The van der Waals surface area contributed by atoms with Gasteiger partial charge in [-0.2, -0.15) is 0 Å². The molecule has 0 radical (unpaired) electrons. The summed E-state index contributed by atoms with van der Waals surface area (Å²) in [7, 11) is 1.64. The zero-order valence-corrected chi connectivity index (χ0v) is 31.2. The Bertz CT molecular complexity index is 1650. The molecule has 51 heavy (non-hydrogen) atoms. The van der Waals surface area contributed by atoms with Gasteiger partial charge in [-0.3, -0.25) is 9.78 Å². The number of hydrogen-bond donors (Lipinski definition) is 5. The number of rotatable bonds is 17. The van der Waals surface area contributed by atoms with Crippen molar-refractivity contribution in [1.82, 2.24) is 30.8 Å². The van der Waals surface area contributed by atoms with Gasteiger partial charge in [0.25, 0.3) is 0 Å². The second-order valence-corrected chi connectivity index (χ2v) is 15.0. The molecule has 5 N–H and O–H groups in total. The number of amides is 4. The van der Waals surface area contributed by atoms with Crippen molar-refractivity contribution in [3.05, 3.63) is 104 Å². The number of hydrogen-bond acceptors (Lipinski definition) is 10. The molecule has 2 aromatic heterocycles. The van der Waals surface area contributed by atoms with E-state index >= 15 is 0 Å². The smallest absolute Gasteiger partial charge is 0.407 e. The second kappa shape index (κ2) is 19.3. The Hall–Kier alpha value is -4.37. The van der Waals surface area contributed by atoms with Crippen LogP contribution in [-0.4, -0.2) is 80.5 Å². The van der Waals surface area contributed by atoms with Crippen molar-refractivity contribution in [2.75, 3.05) is 7.05 Å². The molecule has 0 aliphatic rings. The van der Waals surface area contributed by atoms with Gasteiger partial charge in [-0.05, 0) is 29.9 Å². The van der Waals surface area contributed by atoms with Crippen LogP contribution < -0.4 is 16.0 Å². The summed E-state index contributed by atoms with van der Waals surface area (Å²) in [5.41, 5.74) is 4.01. The van der Waals surface area contributed by atoms with Gasteiger partial charge in [-0.25, -0.2) is 14.6 Å². The third kappa shape index (κ3) is 12.1. The number of carbonyl (C=O) groups excluding carboxylic acids is 3. The van der Waals surface area contributed by atoms with Crippen molar-refractivity contribution >= 4 is 40.7 Å². The Morgan fingerprint density at radius 2 is 1.43 bits per heavy atom. The predicted molar refractivity (Wildman–Crippen MR) is 198 cm³/mol. The zero-order chi connectivity index (χ0) is 36.9. The molecule has 4 amide bonds. The van der Waals surface area contributed by atoms with E-state index in [1.165, 1.54) is 16.2 Å². The van der Waals surface area contributed by atoms with Crippen molar-refractivity contribution in [3.8, 4) is 0 Å². The fourth-order valence-electron chi connectivity index (χ4n) is 5.40. The topological polar surface area (TPSA) is 166 Å². The standard InChI is InChI=1S/C37H48N6O6S2/c1-23(2)31(42-36(47)43(5)19-27-21-50-35(39-27)24(3)4)34(46)40-29(16-25-12-8-6-9-13-25)32(44)33(45)30(17-26-14-10-7-11-15-26)41-37(48)49-20-28-18-38-22-51-28/h6-15,18,21-24,29-33,44-45H,16-17,19-20H2,1-5H3,(H,40,46)(H,41,48)(H,42,47)/t29-,30-,31-,32?,33-/m0/s1. The summed E-state index contributed by atoms with van der Waals surface area (Å²) < 4.78 is 5.38. The Kier molecular flexibility index (Phi) is 14.9. The summed E-state index contributed by atoms with van der Waals surface area (Å²) in [6, 6.07) is 15.1. The molecular weight excluding hydrogens is 689 g/mol. The molecule has 0 bridgehead atoms. The number of nitrogens with zero attached hydrogens (tertiary/aromatic N) is 3. The first-order valence-electron chi connectivity index (χ1n) is 16.9.